The highest BCUT2D eigenvalue weighted by molar-refractivity contribution is 5.99. The van der Waals surface area contributed by atoms with E-state index in [1.807, 2.05) is 48.5 Å². The van der Waals surface area contributed by atoms with Crippen molar-refractivity contribution in [2.75, 3.05) is 0 Å². The van der Waals surface area contributed by atoms with Gasteiger partial charge in [-0.3, -0.25) is 14.2 Å². The number of aromatic nitrogens is 2. The summed E-state index contributed by atoms with van der Waals surface area (Å²) in [5.41, 5.74) is 3.89. The first-order valence-electron chi connectivity index (χ1n) is 6.86. The Balaban J connectivity index is 0.000000325. The Kier molecular flexibility index (Phi) is 3.47. The normalized spacial score (nSPS) is 12.1. The molecule has 0 fully saturated rings. The molecule has 0 radical (unpaired) electrons. The van der Waals surface area contributed by atoms with Crippen molar-refractivity contribution in [3.05, 3.63) is 54.1 Å². The molecular weight excluding hydrogens is 280 g/mol. The van der Waals surface area contributed by atoms with E-state index in [1.54, 1.807) is 4.57 Å². The lowest BCUT2D eigenvalue weighted by Crippen LogP contribution is -2.20. The lowest BCUT2D eigenvalue weighted by Gasteiger charge is -2.16. The van der Waals surface area contributed by atoms with Gasteiger partial charge in [0.25, 0.3) is 5.97 Å². The zero-order chi connectivity index (χ0) is 15.7. The zero-order valence-corrected chi connectivity index (χ0v) is 12.0. The number of fused-ring (bicyclic) bond motifs is 5. The predicted molar refractivity (Wildman–Crippen MR) is 82.8 cm³/mol. The third kappa shape index (κ3) is 2.37. The number of rotatable bonds is 0. The lowest BCUT2D eigenvalue weighted by molar-refractivity contribution is -0.134. The first-order chi connectivity index (χ1) is 10.6. The molecule has 5 heteroatoms. The molecule has 1 aromatic heterocycles. The Morgan fingerprint density at radius 1 is 1.14 bits per heavy atom. The molecule has 0 saturated carbocycles. The number of carboxylic acids is 1. The van der Waals surface area contributed by atoms with Crippen molar-refractivity contribution in [1.29, 1.82) is 0 Å². The Morgan fingerprint density at radius 3 is 2.55 bits per heavy atom. The maximum absolute atomic E-state index is 12.2. The first kappa shape index (κ1) is 14.0. The minimum Gasteiger partial charge on any atom is -0.481 e. The average Bonchev–Trinajstić information content (AvgIpc) is 2.87. The van der Waals surface area contributed by atoms with Crippen molar-refractivity contribution in [2.45, 2.75) is 13.3 Å². The van der Waals surface area contributed by atoms with E-state index in [9.17, 15) is 4.79 Å². The quantitative estimate of drug-likeness (QED) is 0.692. The molecule has 1 aliphatic heterocycles. The van der Waals surface area contributed by atoms with Gasteiger partial charge in [-0.2, -0.15) is 0 Å². The van der Waals surface area contributed by atoms with Gasteiger partial charge in [0.05, 0.1) is 17.5 Å². The number of imidazole rings is 1. The summed E-state index contributed by atoms with van der Waals surface area (Å²) in [6, 6.07) is 15.7. The fraction of sp³-hybridized carbons (Fsp3) is 0.118. The summed E-state index contributed by atoms with van der Waals surface area (Å²) in [6.07, 6.45) is 0.448. The number of hydrogen-bond acceptors (Lipinski definition) is 3. The fourth-order valence-electron chi connectivity index (χ4n) is 2.59. The van der Waals surface area contributed by atoms with Gasteiger partial charge in [-0.25, -0.2) is 4.98 Å². The maximum Gasteiger partial charge on any atom is 0.300 e. The molecule has 5 nitrogen and oxygen atoms in total. The minimum atomic E-state index is -0.833. The van der Waals surface area contributed by atoms with Gasteiger partial charge in [-0.1, -0.05) is 36.4 Å². The van der Waals surface area contributed by atoms with E-state index in [-0.39, 0.29) is 5.91 Å². The molecule has 110 valence electrons. The molecule has 2 heterocycles. The molecule has 22 heavy (non-hydrogen) atoms. The van der Waals surface area contributed by atoms with E-state index in [1.165, 1.54) is 0 Å². The third-order valence-electron chi connectivity index (χ3n) is 3.41. The van der Waals surface area contributed by atoms with Crippen LogP contribution in [0.25, 0.3) is 22.4 Å². The van der Waals surface area contributed by atoms with Crippen LogP contribution in [-0.4, -0.2) is 26.5 Å². The maximum atomic E-state index is 12.2. The van der Waals surface area contributed by atoms with Gasteiger partial charge in [-0.15, -0.1) is 0 Å². The smallest absolute Gasteiger partial charge is 0.300 e. The van der Waals surface area contributed by atoms with E-state index < -0.39 is 5.97 Å². The fourth-order valence-corrected chi connectivity index (χ4v) is 2.59. The number of aliphatic carboxylic acids is 1. The number of benzene rings is 2. The van der Waals surface area contributed by atoms with Crippen LogP contribution in [0.3, 0.4) is 0 Å². The Morgan fingerprint density at radius 2 is 1.77 bits per heavy atom. The van der Waals surface area contributed by atoms with Crippen molar-refractivity contribution in [1.82, 2.24) is 9.55 Å². The van der Waals surface area contributed by atoms with Crippen LogP contribution in [0.4, 0.5) is 0 Å². The van der Waals surface area contributed by atoms with Crippen LogP contribution in [0.1, 0.15) is 17.3 Å². The van der Waals surface area contributed by atoms with Crippen molar-refractivity contribution in [2.24, 2.45) is 0 Å². The van der Waals surface area contributed by atoms with Crippen LogP contribution in [0.2, 0.25) is 0 Å². The number of nitrogens with zero attached hydrogens (tertiary/aromatic N) is 2. The summed E-state index contributed by atoms with van der Waals surface area (Å²) in [5, 5.41) is 7.42. The van der Waals surface area contributed by atoms with Crippen LogP contribution < -0.4 is 0 Å². The molecular formula is C17H14N2O3. The standard InChI is InChI=1S/C15H10N2O.C2H4O2/c18-14-9-10-5-1-2-6-11(10)15-16-12-7-3-4-8-13(12)17(14)15;1-2(3)4/h1-8H,9H2;1H3,(H,3,4). The van der Waals surface area contributed by atoms with Gasteiger partial charge in [0.2, 0.25) is 5.91 Å². The number of carbonyl (C=O) groups excluding carboxylic acids is 1. The molecule has 0 amide bonds. The van der Waals surface area contributed by atoms with E-state index >= 15 is 0 Å². The monoisotopic (exact) mass is 294 g/mol. The molecule has 0 spiro atoms. The van der Waals surface area contributed by atoms with Crippen LogP contribution in [0.5, 0.6) is 0 Å². The lowest BCUT2D eigenvalue weighted by atomic mass is 10.0. The van der Waals surface area contributed by atoms with Gasteiger partial charge < -0.3 is 5.11 Å². The predicted octanol–water partition coefficient (Wildman–Crippen LogP) is 2.99. The molecule has 2 aromatic carbocycles. The number of carbonyl (C=O) groups is 2. The molecule has 0 aliphatic carbocycles. The molecule has 3 aromatic rings. The topological polar surface area (TPSA) is 72.2 Å². The second-order valence-electron chi connectivity index (χ2n) is 5.01. The van der Waals surface area contributed by atoms with Gasteiger partial charge in [0.15, 0.2) is 0 Å². The Labute approximate surface area is 126 Å². The summed E-state index contributed by atoms with van der Waals surface area (Å²) >= 11 is 0. The van der Waals surface area contributed by atoms with Gasteiger partial charge in [0.1, 0.15) is 5.82 Å². The average molecular weight is 294 g/mol. The summed E-state index contributed by atoms with van der Waals surface area (Å²) in [7, 11) is 0. The summed E-state index contributed by atoms with van der Waals surface area (Å²) < 4.78 is 1.73. The highest BCUT2D eigenvalue weighted by atomic mass is 16.4. The molecule has 1 N–H and O–H groups in total. The first-order valence-corrected chi connectivity index (χ1v) is 6.86. The third-order valence-corrected chi connectivity index (χ3v) is 3.41. The van der Waals surface area contributed by atoms with Crippen molar-refractivity contribution >= 4 is 22.9 Å². The van der Waals surface area contributed by atoms with E-state index in [0.29, 0.717) is 6.42 Å². The second-order valence-corrected chi connectivity index (χ2v) is 5.01. The largest absolute Gasteiger partial charge is 0.481 e. The molecule has 1 aliphatic rings. The molecule has 0 bridgehead atoms. The highest BCUT2D eigenvalue weighted by Crippen LogP contribution is 2.31. The summed E-state index contributed by atoms with van der Waals surface area (Å²) in [4.78, 5) is 25.8. The van der Waals surface area contributed by atoms with Crippen LogP contribution in [-0.2, 0) is 11.2 Å². The van der Waals surface area contributed by atoms with E-state index in [0.717, 1.165) is 34.9 Å². The van der Waals surface area contributed by atoms with Crippen LogP contribution in [0, 0.1) is 0 Å². The minimum absolute atomic E-state index is 0.0948. The van der Waals surface area contributed by atoms with Crippen LogP contribution >= 0.6 is 0 Å². The molecule has 0 atom stereocenters. The summed E-state index contributed by atoms with van der Waals surface area (Å²) in [5.74, 6) is 0.0282. The van der Waals surface area contributed by atoms with Crippen molar-refractivity contribution < 1.29 is 14.7 Å². The van der Waals surface area contributed by atoms with Gasteiger partial charge in [-0.05, 0) is 17.7 Å². The van der Waals surface area contributed by atoms with Crippen molar-refractivity contribution in [3.8, 4) is 11.4 Å². The second kappa shape index (κ2) is 5.44. The molecule has 4 rings (SSSR count). The number of para-hydroxylation sites is 2. The van der Waals surface area contributed by atoms with E-state index in [4.69, 9.17) is 9.90 Å². The Bertz CT molecular complexity index is 876. The molecule has 0 unspecified atom stereocenters. The molecule has 0 saturated heterocycles. The van der Waals surface area contributed by atoms with Gasteiger partial charge >= 0.3 is 0 Å². The van der Waals surface area contributed by atoms with Crippen LogP contribution in [0.15, 0.2) is 48.5 Å². The summed E-state index contributed by atoms with van der Waals surface area (Å²) in [6.45, 7) is 1.08. The van der Waals surface area contributed by atoms with Gasteiger partial charge in [0, 0.05) is 12.5 Å². The SMILES string of the molecule is CC(=O)O.O=C1Cc2ccccc2-c2nc3ccccc3n21. The zero-order valence-electron chi connectivity index (χ0n) is 12.0. The highest BCUT2D eigenvalue weighted by Gasteiger charge is 2.25. The Hall–Kier alpha value is -2.95. The number of carboxylic acid groups (broad SMARTS) is 1. The van der Waals surface area contributed by atoms with Crippen molar-refractivity contribution in [3.63, 3.8) is 0 Å². The van der Waals surface area contributed by atoms with E-state index in [2.05, 4.69) is 4.98 Å². The number of hydrogen-bond donors (Lipinski definition) is 1.